The zero-order valence-corrected chi connectivity index (χ0v) is 9.60. The van der Waals surface area contributed by atoms with Crippen LogP contribution in [0.15, 0.2) is 12.4 Å². The van der Waals surface area contributed by atoms with Crippen molar-refractivity contribution in [2.24, 2.45) is 0 Å². The molecule has 3 N–H and O–H groups in total. The van der Waals surface area contributed by atoms with Crippen LogP contribution in [0.2, 0.25) is 0 Å². The third-order valence-electron chi connectivity index (χ3n) is 2.47. The molecule has 0 aliphatic heterocycles. The maximum atomic E-state index is 11.4. The van der Waals surface area contributed by atoms with Gasteiger partial charge in [0.05, 0.1) is 19.9 Å². The quantitative estimate of drug-likeness (QED) is 0.747. The van der Waals surface area contributed by atoms with Crippen LogP contribution >= 0.6 is 0 Å². The summed E-state index contributed by atoms with van der Waals surface area (Å²) in [7, 11) is 1.30. The molecule has 0 aliphatic carbocycles. The molecule has 0 saturated carbocycles. The zero-order valence-electron chi connectivity index (χ0n) is 9.60. The fraction of sp³-hybridized carbons (Fsp3) is 0.300. The van der Waals surface area contributed by atoms with Gasteiger partial charge in [-0.15, -0.1) is 0 Å². The van der Waals surface area contributed by atoms with Crippen LogP contribution in [0.1, 0.15) is 21.9 Å². The molecule has 0 aliphatic rings. The lowest BCUT2D eigenvalue weighted by Gasteiger charge is -2.05. The predicted molar refractivity (Wildman–Crippen MR) is 60.4 cm³/mol. The van der Waals surface area contributed by atoms with Crippen LogP contribution in [-0.2, 0) is 11.3 Å². The Morgan fingerprint density at radius 2 is 2.41 bits per heavy atom. The summed E-state index contributed by atoms with van der Waals surface area (Å²) in [4.78, 5) is 15.5. The highest BCUT2D eigenvalue weighted by molar-refractivity contribution is 5.92. The van der Waals surface area contributed by atoms with Crippen LogP contribution in [0.3, 0.4) is 0 Å². The number of carbonyl (C=O) groups is 1. The van der Waals surface area contributed by atoms with E-state index in [-0.39, 0.29) is 5.69 Å². The summed E-state index contributed by atoms with van der Waals surface area (Å²) in [5.74, 6) is 0.427. The van der Waals surface area contributed by atoms with E-state index in [0.717, 1.165) is 5.56 Å². The van der Waals surface area contributed by atoms with Gasteiger partial charge in [0.2, 0.25) is 0 Å². The van der Waals surface area contributed by atoms with E-state index in [0.29, 0.717) is 18.2 Å². The molecular formula is C10H13N5O2. The van der Waals surface area contributed by atoms with Gasteiger partial charge in [-0.1, -0.05) is 0 Å². The molecule has 0 saturated heterocycles. The second-order valence-corrected chi connectivity index (χ2v) is 3.58. The minimum atomic E-state index is -0.531. The topological polar surface area (TPSA) is 98.8 Å². The molecule has 2 rings (SSSR count). The molecule has 0 amide bonds. The van der Waals surface area contributed by atoms with Crippen molar-refractivity contribution < 1.29 is 9.53 Å². The smallest absolute Gasteiger partial charge is 0.360 e. The first-order chi connectivity index (χ1) is 8.13. The lowest BCUT2D eigenvalue weighted by atomic mass is 10.3. The maximum Gasteiger partial charge on any atom is 0.360 e. The molecule has 0 unspecified atom stereocenters. The van der Waals surface area contributed by atoms with Crippen LogP contribution in [-0.4, -0.2) is 32.8 Å². The second-order valence-electron chi connectivity index (χ2n) is 3.58. The number of nitrogen functional groups attached to an aromatic ring is 1. The highest BCUT2D eigenvalue weighted by Gasteiger charge is 2.19. The minimum absolute atomic E-state index is 0.147. The van der Waals surface area contributed by atoms with Crippen molar-refractivity contribution in [2.75, 3.05) is 12.8 Å². The first kappa shape index (κ1) is 11.2. The Kier molecular flexibility index (Phi) is 2.82. The van der Waals surface area contributed by atoms with Crippen molar-refractivity contribution in [3.8, 4) is 0 Å². The van der Waals surface area contributed by atoms with Crippen molar-refractivity contribution in [2.45, 2.75) is 13.5 Å². The maximum absolute atomic E-state index is 11.4. The molecule has 0 spiro atoms. The van der Waals surface area contributed by atoms with Gasteiger partial charge in [-0.25, -0.2) is 9.78 Å². The highest BCUT2D eigenvalue weighted by Crippen LogP contribution is 2.16. The molecule has 0 aromatic carbocycles. The fourth-order valence-corrected chi connectivity index (χ4v) is 1.57. The third-order valence-corrected chi connectivity index (χ3v) is 2.47. The SMILES string of the molecule is COC(=O)c1nc(C)n(Cc2cn[nH]c2)c1N. The number of hydrogen-bond acceptors (Lipinski definition) is 5. The van der Waals surface area contributed by atoms with E-state index in [1.807, 2.05) is 0 Å². The van der Waals surface area contributed by atoms with Gasteiger partial charge in [0, 0.05) is 11.8 Å². The molecule has 7 nitrogen and oxygen atoms in total. The van der Waals surface area contributed by atoms with E-state index in [1.165, 1.54) is 7.11 Å². The molecule has 0 radical (unpaired) electrons. The number of carbonyl (C=O) groups excluding carboxylic acids is 1. The van der Waals surface area contributed by atoms with Crippen molar-refractivity contribution in [3.63, 3.8) is 0 Å². The number of nitrogens with one attached hydrogen (secondary N) is 1. The molecule has 90 valence electrons. The monoisotopic (exact) mass is 235 g/mol. The summed E-state index contributed by atoms with van der Waals surface area (Å²) in [6.45, 7) is 2.29. The normalized spacial score (nSPS) is 10.5. The van der Waals surface area contributed by atoms with Gasteiger partial charge in [0.15, 0.2) is 5.69 Å². The van der Waals surface area contributed by atoms with Crippen molar-refractivity contribution in [1.82, 2.24) is 19.7 Å². The van der Waals surface area contributed by atoms with Crippen LogP contribution < -0.4 is 5.73 Å². The van der Waals surface area contributed by atoms with Crippen LogP contribution in [0.25, 0.3) is 0 Å². The molecule has 17 heavy (non-hydrogen) atoms. The number of hydrogen-bond donors (Lipinski definition) is 2. The van der Waals surface area contributed by atoms with E-state index < -0.39 is 5.97 Å². The number of methoxy groups -OCH3 is 1. The number of aryl methyl sites for hydroxylation is 1. The fourth-order valence-electron chi connectivity index (χ4n) is 1.57. The van der Waals surface area contributed by atoms with Crippen molar-refractivity contribution in [1.29, 1.82) is 0 Å². The number of anilines is 1. The summed E-state index contributed by atoms with van der Waals surface area (Å²) >= 11 is 0. The average Bonchev–Trinajstić information content (AvgIpc) is 2.91. The number of rotatable bonds is 3. The van der Waals surface area contributed by atoms with Crippen LogP contribution in [0.5, 0.6) is 0 Å². The Morgan fingerprint density at radius 1 is 1.65 bits per heavy atom. The number of aromatic amines is 1. The Bertz CT molecular complexity index is 529. The molecule has 2 heterocycles. The zero-order chi connectivity index (χ0) is 12.4. The molecule has 2 aromatic heterocycles. The first-order valence-corrected chi connectivity index (χ1v) is 5.02. The minimum Gasteiger partial charge on any atom is -0.464 e. The van der Waals surface area contributed by atoms with Gasteiger partial charge in [-0.05, 0) is 6.92 Å². The number of ether oxygens (including phenoxy) is 1. The Hall–Kier alpha value is -2.31. The molecule has 0 bridgehead atoms. The van der Waals surface area contributed by atoms with Gasteiger partial charge >= 0.3 is 5.97 Å². The van der Waals surface area contributed by atoms with E-state index in [1.54, 1.807) is 23.9 Å². The third kappa shape index (κ3) is 1.99. The van der Waals surface area contributed by atoms with E-state index in [2.05, 4.69) is 19.9 Å². The summed E-state index contributed by atoms with van der Waals surface area (Å²) in [5, 5.41) is 6.56. The number of nitrogens with zero attached hydrogens (tertiary/aromatic N) is 3. The van der Waals surface area contributed by atoms with Crippen molar-refractivity contribution >= 4 is 11.8 Å². The lowest BCUT2D eigenvalue weighted by molar-refractivity contribution is 0.0595. The van der Waals surface area contributed by atoms with Gasteiger partial charge in [0.1, 0.15) is 11.6 Å². The molecule has 2 aromatic rings. The Balaban J connectivity index is 2.35. The average molecular weight is 235 g/mol. The number of nitrogens with two attached hydrogens (primary N) is 1. The number of imidazole rings is 1. The van der Waals surface area contributed by atoms with Crippen molar-refractivity contribution in [3.05, 3.63) is 29.5 Å². The largest absolute Gasteiger partial charge is 0.464 e. The Labute approximate surface area is 97.6 Å². The number of esters is 1. The second kappa shape index (κ2) is 4.28. The standard InChI is InChI=1S/C10H13N5O2/c1-6-14-8(10(16)17-2)9(11)15(6)5-7-3-12-13-4-7/h3-4H,5,11H2,1-2H3,(H,12,13). The Morgan fingerprint density at radius 3 is 3.00 bits per heavy atom. The first-order valence-electron chi connectivity index (χ1n) is 5.02. The molecule has 0 fully saturated rings. The lowest BCUT2D eigenvalue weighted by Crippen LogP contribution is -2.09. The summed E-state index contributed by atoms with van der Waals surface area (Å²) < 4.78 is 6.34. The van der Waals surface area contributed by atoms with E-state index >= 15 is 0 Å². The van der Waals surface area contributed by atoms with E-state index in [4.69, 9.17) is 5.73 Å². The van der Waals surface area contributed by atoms with Crippen LogP contribution in [0, 0.1) is 6.92 Å². The van der Waals surface area contributed by atoms with Gasteiger partial charge in [0.25, 0.3) is 0 Å². The number of aromatic nitrogens is 4. The molecule has 0 atom stereocenters. The van der Waals surface area contributed by atoms with E-state index in [9.17, 15) is 4.79 Å². The summed E-state index contributed by atoms with van der Waals surface area (Å²) in [6.07, 6.45) is 3.45. The van der Waals surface area contributed by atoms with Crippen LogP contribution in [0.4, 0.5) is 5.82 Å². The number of H-pyrrole nitrogens is 1. The highest BCUT2D eigenvalue weighted by atomic mass is 16.5. The van der Waals surface area contributed by atoms with Gasteiger partial charge < -0.3 is 15.0 Å². The van der Waals surface area contributed by atoms with Gasteiger partial charge in [-0.3, -0.25) is 5.10 Å². The van der Waals surface area contributed by atoms with Gasteiger partial charge in [-0.2, -0.15) is 5.10 Å². The predicted octanol–water partition coefficient (Wildman–Crippen LogP) is 0.332. The molecular weight excluding hydrogens is 222 g/mol. The molecule has 7 heteroatoms. The summed E-state index contributed by atoms with van der Waals surface area (Å²) in [5.41, 5.74) is 6.97. The summed E-state index contributed by atoms with van der Waals surface area (Å²) in [6, 6.07) is 0.